The molecule has 3 rings (SSSR count). The van der Waals surface area contributed by atoms with Crippen LogP contribution in [0.1, 0.15) is 30.9 Å². The second-order valence-electron chi connectivity index (χ2n) is 7.32. The molecule has 0 saturated heterocycles. The first-order valence-electron chi connectivity index (χ1n) is 9.95. The molecular formula is C24H23N3O5. The van der Waals surface area contributed by atoms with Crippen molar-refractivity contribution in [3.05, 3.63) is 104 Å². The maximum Gasteiger partial charge on any atom is 0.334 e. The zero-order chi connectivity index (χ0) is 23.3. The van der Waals surface area contributed by atoms with Crippen molar-refractivity contribution >= 4 is 23.6 Å². The van der Waals surface area contributed by atoms with E-state index in [1.54, 1.807) is 26.0 Å². The first kappa shape index (κ1) is 22.5. The fourth-order valence-electron chi connectivity index (χ4n) is 3.74. The van der Waals surface area contributed by atoms with Gasteiger partial charge < -0.3 is 15.7 Å². The average Bonchev–Trinajstić information content (AvgIpc) is 2.76. The summed E-state index contributed by atoms with van der Waals surface area (Å²) in [5.74, 6) is -2.60. The number of rotatable bonds is 7. The van der Waals surface area contributed by atoms with E-state index in [1.807, 2.05) is 36.4 Å². The first-order valence-corrected chi connectivity index (χ1v) is 9.95. The van der Waals surface area contributed by atoms with E-state index in [0.717, 1.165) is 5.56 Å². The molecule has 0 bridgehead atoms. The minimum absolute atomic E-state index is 0.0268. The van der Waals surface area contributed by atoms with Crippen LogP contribution in [-0.2, 0) is 9.59 Å². The summed E-state index contributed by atoms with van der Waals surface area (Å²) >= 11 is 0. The second-order valence-corrected chi connectivity index (χ2v) is 7.32. The number of carbonyl (C=O) groups excluding carboxylic acids is 1. The zero-order valence-electron chi connectivity index (χ0n) is 17.7. The molecule has 0 fully saturated rings. The van der Waals surface area contributed by atoms with Crippen molar-refractivity contribution in [2.24, 2.45) is 0 Å². The fraction of sp³-hybridized carbons (Fsp3) is 0.167. The van der Waals surface area contributed by atoms with E-state index in [-0.39, 0.29) is 23.4 Å². The highest BCUT2D eigenvalue weighted by Crippen LogP contribution is 2.39. The lowest BCUT2D eigenvalue weighted by molar-refractivity contribution is -0.384. The zero-order valence-corrected chi connectivity index (χ0v) is 17.7. The summed E-state index contributed by atoms with van der Waals surface area (Å²) in [5.41, 5.74) is 2.23. The minimum atomic E-state index is -1.20. The lowest BCUT2D eigenvalue weighted by Gasteiger charge is -2.30. The monoisotopic (exact) mass is 433 g/mol. The van der Waals surface area contributed by atoms with Crippen molar-refractivity contribution in [1.29, 1.82) is 0 Å². The summed E-state index contributed by atoms with van der Waals surface area (Å²) in [6.07, 6.45) is 3.66. The Kier molecular flexibility index (Phi) is 6.84. The quantitative estimate of drug-likeness (QED) is 0.452. The molecule has 2 aromatic rings. The Morgan fingerprint density at radius 1 is 1.09 bits per heavy atom. The van der Waals surface area contributed by atoms with Crippen molar-refractivity contribution < 1.29 is 19.6 Å². The molecule has 1 aliphatic rings. The highest BCUT2D eigenvalue weighted by atomic mass is 16.6. The number of carboxylic acids is 1. The second kappa shape index (κ2) is 9.74. The molecule has 164 valence electrons. The van der Waals surface area contributed by atoms with Crippen LogP contribution in [0.25, 0.3) is 6.08 Å². The minimum Gasteiger partial charge on any atom is -0.478 e. The van der Waals surface area contributed by atoms with E-state index in [9.17, 15) is 24.8 Å². The van der Waals surface area contributed by atoms with Gasteiger partial charge >= 0.3 is 5.97 Å². The Bertz CT molecular complexity index is 1150. The third-order valence-corrected chi connectivity index (χ3v) is 5.14. The van der Waals surface area contributed by atoms with Crippen molar-refractivity contribution in [2.45, 2.75) is 19.8 Å². The van der Waals surface area contributed by atoms with Gasteiger partial charge in [-0.15, -0.1) is 0 Å². The Morgan fingerprint density at radius 3 is 2.44 bits per heavy atom. The van der Waals surface area contributed by atoms with Crippen LogP contribution in [0.15, 0.2) is 83.2 Å². The van der Waals surface area contributed by atoms with Gasteiger partial charge in [-0.3, -0.25) is 14.9 Å². The molecule has 0 aromatic heterocycles. The fourth-order valence-corrected chi connectivity index (χ4v) is 3.74. The van der Waals surface area contributed by atoms with Gasteiger partial charge in [0.05, 0.1) is 16.4 Å². The maximum absolute atomic E-state index is 13.1. The molecule has 2 aromatic carbocycles. The first-order chi connectivity index (χ1) is 15.3. The summed E-state index contributed by atoms with van der Waals surface area (Å²) in [6.45, 7) is 3.52. The molecule has 0 radical (unpaired) electrons. The SMILES string of the molecule is CC1=C(C(=O)O)C(c2cccc([N+](=O)[O-])c2)C(C(=O)NC/C=C/c2ccccc2)=C(C)N1. The number of nitrogens with one attached hydrogen (secondary N) is 2. The molecule has 1 atom stereocenters. The number of amides is 1. The predicted molar refractivity (Wildman–Crippen MR) is 120 cm³/mol. The van der Waals surface area contributed by atoms with Crippen LogP contribution in [0.5, 0.6) is 0 Å². The Hall–Kier alpha value is -4.20. The number of allylic oxidation sites excluding steroid dienone is 2. The van der Waals surface area contributed by atoms with Gasteiger partial charge in [0, 0.05) is 35.6 Å². The van der Waals surface area contributed by atoms with Gasteiger partial charge in [-0.1, -0.05) is 54.6 Å². The highest BCUT2D eigenvalue weighted by Gasteiger charge is 2.36. The van der Waals surface area contributed by atoms with Gasteiger partial charge in [-0.25, -0.2) is 4.79 Å². The number of hydrogen-bond donors (Lipinski definition) is 3. The normalized spacial score (nSPS) is 16.1. The molecule has 1 aliphatic heterocycles. The van der Waals surface area contributed by atoms with E-state index in [1.165, 1.54) is 18.2 Å². The van der Waals surface area contributed by atoms with E-state index < -0.39 is 22.7 Å². The van der Waals surface area contributed by atoms with Gasteiger partial charge in [0.2, 0.25) is 5.91 Å². The van der Waals surface area contributed by atoms with Gasteiger partial charge in [0.25, 0.3) is 5.69 Å². The van der Waals surface area contributed by atoms with E-state index in [4.69, 9.17) is 0 Å². The molecule has 0 aliphatic carbocycles. The number of benzene rings is 2. The summed E-state index contributed by atoms with van der Waals surface area (Å²) in [6, 6.07) is 15.3. The molecule has 1 heterocycles. The van der Waals surface area contributed by atoms with Crippen LogP contribution < -0.4 is 10.6 Å². The smallest absolute Gasteiger partial charge is 0.334 e. The van der Waals surface area contributed by atoms with Gasteiger partial charge in [-0.05, 0) is 25.0 Å². The van der Waals surface area contributed by atoms with Crippen LogP contribution in [0.3, 0.4) is 0 Å². The van der Waals surface area contributed by atoms with E-state index in [2.05, 4.69) is 10.6 Å². The van der Waals surface area contributed by atoms with Crippen molar-refractivity contribution in [3.63, 3.8) is 0 Å². The number of hydrogen-bond acceptors (Lipinski definition) is 5. The Morgan fingerprint density at radius 2 is 1.78 bits per heavy atom. The number of aliphatic carboxylic acids is 1. The third kappa shape index (κ3) is 4.92. The number of carboxylic acid groups (broad SMARTS) is 1. The summed E-state index contributed by atoms with van der Waals surface area (Å²) < 4.78 is 0. The molecule has 8 heteroatoms. The van der Waals surface area contributed by atoms with Gasteiger partial charge in [0.15, 0.2) is 0 Å². The number of carbonyl (C=O) groups is 2. The molecule has 8 nitrogen and oxygen atoms in total. The molecule has 1 amide bonds. The van der Waals surface area contributed by atoms with Crippen LogP contribution >= 0.6 is 0 Å². The molecule has 0 spiro atoms. The van der Waals surface area contributed by atoms with Crippen LogP contribution in [0.2, 0.25) is 0 Å². The summed E-state index contributed by atoms with van der Waals surface area (Å²) in [4.78, 5) is 35.9. The van der Waals surface area contributed by atoms with Crippen LogP contribution in [0, 0.1) is 10.1 Å². The van der Waals surface area contributed by atoms with Crippen molar-refractivity contribution in [1.82, 2.24) is 10.6 Å². The van der Waals surface area contributed by atoms with E-state index in [0.29, 0.717) is 17.0 Å². The van der Waals surface area contributed by atoms with E-state index >= 15 is 0 Å². The summed E-state index contributed by atoms with van der Waals surface area (Å²) in [5, 5.41) is 26.9. The van der Waals surface area contributed by atoms with Gasteiger partial charge in [0.1, 0.15) is 0 Å². The Labute approximate surface area is 185 Å². The predicted octanol–water partition coefficient (Wildman–Crippen LogP) is 3.74. The standard InChI is InChI=1S/C24H23N3O5/c1-15-20(23(28)25-13-7-10-17-8-4-3-5-9-17)22(21(24(29)30)16(2)26-15)18-11-6-12-19(14-18)27(31)32/h3-12,14,22,26H,13H2,1-2H3,(H,25,28)(H,29,30)/b10-7+. The van der Waals surface area contributed by atoms with Crippen LogP contribution in [-0.4, -0.2) is 28.5 Å². The average molecular weight is 433 g/mol. The summed E-state index contributed by atoms with van der Waals surface area (Å²) in [7, 11) is 0. The molecule has 3 N–H and O–H groups in total. The lowest BCUT2D eigenvalue weighted by Crippen LogP contribution is -2.36. The number of dihydropyridines is 1. The molecular weight excluding hydrogens is 410 g/mol. The molecule has 1 unspecified atom stereocenters. The number of nitro benzene ring substituents is 1. The topological polar surface area (TPSA) is 122 Å². The molecule has 0 saturated carbocycles. The number of nitro groups is 1. The van der Waals surface area contributed by atoms with Crippen molar-refractivity contribution in [3.8, 4) is 0 Å². The lowest BCUT2D eigenvalue weighted by atomic mass is 9.80. The van der Waals surface area contributed by atoms with Crippen molar-refractivity contribution in [2.75, 3.05) is 6.54 Å². The molecule has 32 heavy (non-hydrogen) atoms. The highest BCUT2D eigenvalue weighted by molar-refractivity contribution is 6.01. The Balaban J connectivity index is 1.92. The number of nitrogens with zero attached hydrogens (tertiary/aromatic N) is 1. The van der Waals surface area contributed by atoms with Crippen LogP contribution in [0.4, 0.5) is 5.69 Å². The third-order valence-electron chi connectivity index (χ3n) is 5.14. The largest absolute Gasteiger partial charge is 0.478 e. The maximum atomic E-state index is 13.1. The number of non-ortho nitro benzene ring substituents is 1. The van der Waals surface area contributed by atoms with Gasteiger partial charge in [-0.2, -0.15) is 0 Å².